The van der Waals surface area contributed by atoms with E-state index in [9.17, 15) is 14.4 Å². The first-order valence-electron chi connectivity index (χ1n) is 32.1. The van der Waals surface area contributed by atoms with Crippen molar-refractivity contribution >= 4 is 17.9 Å². The lowest BCUT2D eigenvalue weighted by Crippen LogP contribution is -2.30. The predicted octanol–water partition coefficient (Wildman–Crippen LogP) is 21.9. The summed E-state index contributed by atoms with van der Waals surface area (Å²) in [5, 5.41) is 0. The summed E-state index contributed by atoms with van der Waals surface area (Å²) in [5.41, 5.74) is 0. The Labute approximate surface area is 465 Å². The minimum absolute atomic E-state index is 0.0962. The fourth-order valence-electron chi connectivity index (χ4n) is 9.06. The van der Waals surface area contributed by atoms with Crippen LogP contribution in [0.3, 0.4) is 0 Å². The zero-order valence-corrected chi connectivity index (χ0v) is 49.6. The second-order valence-electron chi connectivity index (χ2n) is 21.3. The zero-order valence-electron chi connectivity index (χ0n) is 49.6. The molecule has 1 atom stereocenters. The standard InChI is InChI=1S/C69H120O6/c1-4-7-10-13-16-19-22-25-27-28-29-30-31-32-33-34-35-36-37-38-39-40-42-44-47-50-53-56-59-62-68(71)74-65-66(64-73-67(70)61-58-55-52-49-46-43-24-21-18-15-12-9-6-3)75-69(72)63-60-57-54-51-48-45-41-26-23-20-17-14-11-8-5-2/h8,11-12,15,17,20-21,24,26,28-29,41,48,51,66H,4-7,9-10,13-14,16,18-19,22-23,25,27,30-40,42-47,49-50,52-65H2,1-3H3/b11-8-,15-12-,20-17-,24-21-,29-28-,41-26-,51-48-. The maximum atomic E-state index is 12.8. The Balaban J connectivity index is 4.22. The van der Waals surface area contributed by atoms with Gasteiger partial charge in [-0.1, -0.05) is 273 Å². The van der Waals surface area contributed by atoms with Crippen LogP contribution < -0.4 is 0 Å². The van der Waals surface area contributed by atoms with Crippen molar-refractivity contribution < 1.29 is 28.6 Å². The molecular formula is C69H120O6. The topological polar surface area (TPSA) is 78.9 Å². The molecule has 0 aromatic rings. The molecule has 0 aliphatic carbocycles. The van der Waals surface area contributed by atoms with Crippen molar-refractivity contribution in [3.8, 4) is 0 Å². The van der Waals surface area contributed by atoms with Crippen LogP contribution in [0.25, 0.3) is 0 Å². The number of hydrogen-bond donors (Lipinski definition) is 0. The zero-order chi connectivity index (χ0) is 54.3. The molecule has 0 aliphatic rings. The van der Waals surface area contributed by atoms with Crippen molar-refractivity contribution in [1.82, 2.24) is 0 Å². The Bertz CT molecular complexity index is 1430. The minimum Gasteiger partial charge on any atom is -0.462 e. The highest BCUT2D eigenvalue weighted by atomic mass is 16.6. The molecule has 1 unspecified atom stereocenters. The average Bonchev–Trinajstić information content (AvgIpc) is 3.41. The summed E-state index contributed by atoms with van der Waals surface area (Å²) >= 11 is 0. The first-order chi connectivity index (χ1) is 37.0. The summed E-state index contributed by atoms with van der Waals surface area (Å²) < 4.78 is 16.8. The summed E-state index contributed by atoms with van der Waals surface area (Å²) in [6.07, 6.45) is 83.3. The van der Waals surface area contributed by atoms with Crippen LogP contribution in [0.1, 0.15) is 316 Å². The summed E-state index contributed by atoms with van der Waals surface area (Å²) in [6.45, 7) is 6.44. The van der Waals surface area contributed by atoms with Crippen LogP contribution >= 0.6 is 0 Å². The van der Waals surface area contributed by atoms with E-state index >= 15 is 0 Å². The second kappa shape index (κ2) is 63.1. The molecule has 0 aliphatic heterocycles. The van der Waals surface area contributed by atoms with E-state index in [0.717, 1.165) is 109 Å². The van der Waals surface area contributed by atoms with Crippen LogP contribution in [0.4, 0.5) is 0 Å². The van der Waals surface area contributed by atoms with Crippen molar-refractivity contribution in [2.75, 3.05) is 13.2 Å². The third kappa shape index (κ3) is 61.3. The van der Waals surface area contributed by atoms with Crippen molar-refractivity contribution in [3.63, 3.8) is 0 Å². The predicted molar refractivity (Wildman–Crippen MR) is 325 cm³/mol. The minimum atomic E-state index is -0.804. The number of ether oxygens (including phenoxy) is 3. The van der Waals surface area contributed by atoms with E-state index in [0.29, 0.717) is 19.3 Å². The monoisotopic (exact) mass is 1040 g/mol. The van der Waals surface area contributed by atoms with Gasteiger partial charge in [-0.15, -0.1) is 0 Å². The van der Waals surface area contributed by atoms with Crippen molar-refractivity contribution in [1.29, 1.82) is 0 Å². The van der Waals surface area contributed by atoms with Gasteiger partial charge in [-0.2, -0.15) is 0 Å². The molecule has 0 amide bonds. The van der Waals surface area contributed by atoms with Crippen molar-refractivity contribution in [2.24, 2.45) is 0 Å². The van der Waals surface area contributed by atoms with Gasteiger partial charge in [0.1, 0.15) is 13.2 Å². The van der Waals surface area contributed by atoms with Gasteiger partial charge in [0.15, 0.2) is 6.10 Å². The molecule has 0 saturated carbocycles. The number of rotatable bonds is 58. The number of carbonyl (C=O) groups excluding carboxylic acids is 3. The molecule has 0 rings (SSSR count). The van der Waals surface area contributed by atoms with Gasteiger partial charge in [-0.25, -0.2) is 0 Å². The second-order valence-corrected chi connectivity index (χ2v) is 21.3. The third-order valence-electron chi connectivity index (χ3n) is 13.8. The van der Waals surface area contributed by atoms with Crippen LogP contribution in [0.2, 0.25) is 0 Å². The van der Waals surface area contributed by atoms with Crippen LogP contribution in [-0.2, 0) is 28.6 Å². The average molecular weight is 1050 g/mol. The van der Waals surface area contributed by atoms with Gasteiger partial charge in [-0.05, 0) is 109 Å². The SMILES string of the molecule is CC/C=C\C/C=C\C/C=C\C/C=C\CCCCC(=O)OC(COC(=O)CCCCCCC/C=C\C/C=C\CCC)COC(=O)CCCCCCCCCCCCCCCCCCC/C=C\CCCCCCCCCC. The quantitative estimate of drug-likeness (QED) is 0.0261. The Kier molecular flexibility index (Phi) is 60.3. The van der Waals surface area contributed by atoms with Crippen LogP contribution in [-0.4, -0.2) is 37.2 Å². The molecule has 75 heavy (non-hydrogen) atoms. The Morgan fingerprint density at radius 2 is 0.547 bits per heavy atom. The number of esters is 3. The molecule has 0 bridgehead atoms. The van der Waals surface area contributed by atoms with Gasteiger partial charge >= 0.3 is 17.9 Å². The van der Waals surface area contributed by atoms with Gasteiger partial charge in [0, 0.05) is 19.3 Å². The van der Waals surface area contributed by atoms with Gasteiger partial charge in [-0.3, -0.25) is 14.4 Å². The van der Waals surface area contributed by atoms with Crippen molar-refractivity contribution in [2.45, 2.75) is 322 Å². The molecule has 0 N–H and O–H groups in total. The molecule has 0 heterocycles. The Hall–Kier alpha value is -3.41. The number of hydrogen-bond acceptors (Lipinski definition) is 6. The summed E-state index contributed by atoms with van der Waals surface area (Å²) in [4.78, 5) is 38.2. The lowest BCUT2D eigenvalue weighted by molar-refractivity contribution is -0.167. The molecule has 6 heteroatoms. The van der Waals surface area contributed by atoms with Gasteiger partial charge in [0.25, 0.3) is 0 Å². The largest absolute Gasteiger partial charge is 0.462 e. The van der Waals surface area contributed by atoms with Gasteiger partial charge in [0.05, 0.1) is 0 Å². The Morgan fingerprint density at radius 1 is 0.280 bits per heavy atom. The van der Waals surface area contributed by atoms with Crippen molar-refractivity contribution in [3.05, 3.63) is 85.1 Å². The molecular weight excluding hydrogens is 925 g/mol. The highest BCUT2D eigenvalue weighted by Gasteiger charge is 2.19. The first-order valence-corrected chi connectivity index (χ1v) is 32.1. The molecule has 0 radical (unpaired) electrons. The lowest BCUT2D eigenvalue weighted by atomic mass is 10.0. The Morgan fingerprint density at radius 3 is 0.907 bits per heavy atom. The molecule has 6 nitrogen and oxygen atoms in total. The molecule has 0 aromatic carbocycles. The number of carbonyl (C=O) groups is 3. The van der Waals surface area contributed by atoms with E-state index in [-0.39, 0.29) is 37.5 Å². The van der Waals surface area contributed by atoms with E-state index in [1.807, 2.05) is 0 Å². The summed E-state index contributed by atoms with van der Waals surface area (Å²) in [7, 11) is 0. The van der Waals surface area contributed by atoms with Gasteiger partial charge < -0.3 is 14.2 Å². The smallest absolute Gasteiger partial charge is 0.306 e. The van der Waals surface area contributed by atoms with E-state index in [2.05, 4.69) is 106 Å². The van der Waals surface area contributed by atoms with E-state index in [4.69, 9.17) is 14.2 Å². The third-order valence-corrected chi connectivity index (χ3v) is 13.8. The van der Waals surface area contributed by atoms with Crippen LogP contribution in [0.15, 0.2) is 85.1 Å². The molecule has 0 fully saturated rings. The lowest BCUT2D eigenvalue weighted by Gasteiger charge is -2.18. The first kappa shape index (κ1) is 71.6. The summed E-state index contributed by atoms with van der Waals surface area (Å²) in [5.74, 6) is -0.944. The molecule has 0 aromatic heterocycles. The molecule has 0 saturated heterocycles. The number of allylic oxidation sites excluding steroid dienone is 14. The maximum Gasteiger partial charge on any atom is 0.306 e. The van der Waals surface area contributed by atoms with Crippen LogP contribution in [0.5, 0.6) is 0 Å². The fourth-order valence-corrected chi connectivity index (χ4v) is 9.06. The maximum absolute atomic E-state index is 12.8. The van der Waals surface area contributed by atoms with E-state index < -0.39 is 6.10 Å². The highest BCUT2D eigenvalue weighted by molar-refractivity contribution is 5.71. The molecule has 0 spiro atoms. The van der Waals surface area contributed by atoms with E-state index in [1.54, 1.807) is 0 Å². The van der Waals surface area contributed by atoms with Crippen LogP contribution in [0, 0.1) is 0 Å². The molecule has 432 valence electrons. The van der Waals surface area contributed by atoms with E-state index in [1.165, 1.54) is 161 Å². The highest BCUT2D eigenvalue weighted by Crippen LogP contribution is 2.17. The number of unbranched alkanes of at least 4 members (excludes halogenated alkanes) is 33. The normalized spacial score (nSPS) is 12.6. The summed E-state index contributed by atoms with van der Waals surface area (Å²) in [6, 6.07) is 0. The fraction of sp³-hybridized carbons (Fsp3) is 0.754. The van der Waals surface area contributed by atoms with Gasteiger partial charge in [0.2, 0.25) is 0 Å².